The summed E-state index contributed by atoms with van der Waals surface area (Å²) in [6.07, 6.45) is 7.12. The molecule has 14 heteroatoms. The van der Waals surface area contributed by atoms with Gasteiger partial charge in [-0.1, -0.05) is 35.7 Å². The number of carboxylic acids is 1. The van der Waals surface area contributed by atoms with E-state index in [1.165, 1.54) is 44.8 Å². The van der Waals surface area contributed by atoms with Crippen LogP contribution >= 0.6 is 23.5 Å². The Morgan fingerprint density at radius 2 is 1.10 bits per heavy atom. The summed E-state index contributed by atoms with van der Waals surface area (Å²) in [5, 5.41) is 11.9. The second kappa shape index (κ2) is 13.8. The van der Waals surface area contributed by atoms with Gasteiger partial charge in [-0.3, -0.25) is 23.5 Å². The summed E-state index contributed by atoms with van der Waals surface area (Å²) < 4.78 is 2.97. The maximum atomic E-state index is 12.8. The van der Waals surface area contributed by atoms with Crippen LogP contribution in [0.4, 0.5) is 0 Å². The fraction of sp³-hybridized carbons (Fsp3) is 0.176. The summed E-state index contributed by atoms with van der Waals surface area (Å²) in [7, 11) is 3.33. The van der Waals surface area contributed by atoms with Gasteiger partial charge in [0.2, 0.25) is 5.91 Å². The second-order valence-electron chi connectivity index (χ2n) is 10.8. The predicted molar refractivity (Wildman–Crippen MR) is 189 cm³/mol. The number of carbonyl (C=O) groups is 2. The number of aryl methyl sites for hydroxylation is 4. The number of aromatic nitrogens is 6. The molecule has 2 aromatic carbocycles. The topological polar surface area (TPSA) is 176 Å². The highest BCUT2D eigenvalue weighted by molar-refractivity contribution is 7.98. The largest absolute Gasteiger partial charge is 0.478 e. The first-order valence-electron chi connectivity index (χ1n) is 14.4. The minimum Gasteiger partial charge on any atom is -0.478 e. The number of benzene rings is 2. The van der Waals surface area contributed by atoms with Gasteiger partial charge in [-0.05, 0) is 85.0 Å². The van der Waals surface area contributed by atoms with Crippen molar-refractivity contribution in [3.05, 3.63) is 104 Å². The van der Waals surface area contributed by atoms with Gasteiger partial charge in [0.1, 0.15) is 11.3 Å². The molecule has 6 aromatic rings. The lowest BCUT2D eigenvalue weighted by Crippen LogP contribution is -2.20. The predicted octanol–water partition coefficient (Wildman–Crippen LogP) is 4.85. The number of rotatable bonds is 6. The second-order valence-corrected chi connectivity index (χ2v) is 12.4. The highest BCUT2D eigenvalue weighted by Crippen LogP contribution is 2.26. The standard InChI is InChI=1S/C17H16N4O2S.C17H15N3O3S/c1-9-4-5-10(14(18)22)6-12(9)13-7-11-8-19-17(24-3)20-15(11)21(2)16(13)23;1-9-4-5-10(16(22)23)6-12(9)13-7-11-8-18-17(24-3)19-14(11)20(2)15(13)21/h4-8H,1-3H3,(H2,18,22);4-8H,1-3H3,(H,22,23). The Hall–Kier alpha value is -5.34. The molecule has 244 valence electrons. The number of primary amides is 1. The average molecular weight is 682 g/mol. The number of hydrogen-bond donors (Lipinski definition) is 2. The number of amides is 1. The fourth-order valence-electron chi connectivity index (χ4n) is 5.16. The van der Waals surface area contributed by atoms with Gasteiger partial charge < -0.3 is 10.8 Å². The maximum Gasteiger partial charge on any atom is 0.335 e. The zero-order valence-electron chi connectivity index (χ0n) is 26.9. The van der Waals surface area contributed by atoms with Crippen LogP contribution in [0.1, 0.15) is 31.8 Å². The number of carbonyl (C=O) groups excluding carboxylic acids is 1. The lowest BCUT2D eigenvalue weighted by molar-refractivity contribution is 0.0696. The first-order chi connectivity index (χ1) is 22.8. The van der Waals surface area contributed by atoms with Crippen LogP contribution in [0.25, 0.3) is 44.3 Å². The normalized spacial score (nSPS) is 11.0. The summed E-state index contributed by atoms with van der Waals surface area (Å²) >= 11 is 2.82. The number of aromatic carboxylic acids is 1. The van der Waals surface area contributed by atoms with E-state index < -0.39 is 11.9 Å². The Labute approximate surface area is 283 Å². The molecule has 0 aliphatic heterocycles. The van der Waals surface area contributed by atoms with E-state index in [9.17, 15) is 24.3 Å². The summed E-state index contributed by atoms with van der Waals surface area (Å²) in [6, 6.07) is 13.3. The Morgan fingerprint density at radius 3 is 1.50 bits per heavy atom. The first kappa shape index (κ1) is 34.0. The first-order valence-corrected chi connectivity index (χ1v) is 16.9. The highest BCUT2D eigenvalue weighted by Gasteiger charge is 2.16. The molecule has 48 heavy (non-hydrogen) atoms. The van der Waals surface area contributed by atoms with Crippen LogP contribution < -0.4 is 16.9 Å². The molecule has 0 aliphatic carbocycles. The molecule has 0 unspecified atom stereocenters. The number of carboxylic acid groups (broad SMARTS) is 1. The van der Waals surface area contributed by atoms with Gasteiger partial charge in [0, 0.05) is 54.0 Å². The van der Waals surface area contributed by atoms with Gasteiger partial charge in [0.05, 0.1) is 5.56 Å². The summed E-state index contributed by atoms with van der Waals surface area (Å²) in [4.78, 5) is 65.5. The molecule has 0 aliphatic rings. The number of pyridine rings is 2. The smallest absolute Gasteiger partial charge is 0.335 e. The van der Waals surface area contributed by atoms with Crippen molar-refractivity contribution >= 4 is 57.5 Å². The van der Waals surface area contributed by atoms with Crippen molar-refractivity contribution in [2.75, 3.05) is 12.5 Å². The quantitative estimate of drug-likeness (QED) is 0.182. The van der Waals surface area contributed by atoms with E-state index in [4.69, 9.17) is 5.73 Å². The summed E-state index contributed by atoms with van der Waals surface area (Å²) in [6.45, 7) is 3.73. The van der Waals surface area contributed by atoms with E-state index in [-0.39, 0.29) is 16.7 Å². The van der Waals surface area contributed by atoms with Crippen molar-refractivity contribution in [3.8, 4) is 22.3 Å². The van der Waals surface area contributed by atoms with Crippen molar-refractivity contribution in [1.29, 1.82) is 0 Å². The molecule has 3 N–H and O–H groups in total. The third-order valence-corrected chi connectivity index (χ3v) is 8.93. The monoisotopic (exact) mass is 681 g/mol. The van der Waals surface area contributed by atoms with Crippen molar-refractivity contribution in [3.63, 3.8) is 0 Å². The number of hydrogen-bond acceptors (Lipinski definition) is 10. The van der Waals surface area contributed by atoms with Gasteiger partial charge in [-0.25, -0.2) is 24.7 Å². The molecule has 1 amide bonds. The third kappa shape index (κ3) is 6.57. The van der Waals surface area contributed by atoms with Gasteiger partial charge >= 0.3 is 5.97 Å². The Balaban J connectivity index is 0.000000188. The van der Waals surface area contributed by atoms with E-state index >= 15 is 0 Å². The van der Waals surface area contributed by atoms with Gasteiger partial charge in [-0.15, -0.1) is 0 Å². The molecule has 0 saturated carbocycles. The molecule has 0 bridgehead atoms. The third-order valence-electron chi connectivity index (χ3n) is 7.80. The summed E-state index contributed by atoms with van der Waals surface area (Å²) in [5.41, 5.74) is 10.5. The number of nitrogens with two attached hydrogens (primary N) is 1. The van der Waals surface area contributed by atoms with Crippen LogP contribution in [0, 0.1) is 13.8 Å². The molecule has 0 saturated heterocycles. The molecule has 4 heterocycles. The Kier molecular flexibility index (Phi) is 9.77. The SMILES string of the molecule is CSc1ncc2cc(-c3cc(C(=O)O)ccc3C)c(=O)n(C)c2n1.CSc1ncc2cc(-c3cc(C(N)=O)ccc3C)c(=O)n(C)c2n1. The van der Waals surface area contributed by atoms with Crippen molar-refractivity contribution in [1.82, 2.24) is 29.1 Å². The molecule has 0 radical (unpaired) electrons. The number of nitrogens with zero attached hydrogens (tertiary/aromatic N) is 6. The van der Waals surface area contributed by atoms with Gasteiger partial charge in [0.25, 0.3) is 11.1 Å². The Bertz CT molecular complexity index is 2220. The maximum absolute atomic E-state index is 12.8. The van der Waals surface area contributed by atoms with Crippen molar-refractivity contribution in [2.24, 2.45) is 19.8 Å². The van der Waals surface area contributed by atoms with Crippen LogP contribution in [0.2, 0.25) is 0 Å². The van der Waals surface area contributed by atoms with Crippen LogP contribution in [-0.2, 0) is 14.1 Å². The molecule has 0 atom stereocenters. The highest BCUT2D eigenvalue weighted by atomic mass is 32.2. The van der Waals surface area contributed by atoms with Gasteiger partial charge in [0.15, 0.2) is 10.3 Å². The molecule has 0 fully saturated rings. The van der Waals surface area contributed by atoms with E-state index in [2.05, 4.69) is 19.9 Å². The average Bonchev–Trinajstić information content (AvgIpc) is 3.08. The number of thioether (sulfide) groups is 2. The minimum absolute atomic E-state index is 0.145. The van der Waals surface area contributed by atoms with E-state index in [0.29, 0.717) is 49.4 Å². The van der Waals surface area contributed by atoms with Crippen molar-refractivity contribution < 1.29 is 14.7 Å². The molecule has 4 aromatic heterocycles. The van der Waals surface area contributed by atoms with Crippen LogP contribution in [0.3, 0.4) is 0 Å². The zero-order valence-corrected chi connectivity index (χ0v) is 28.6. The van der Waals surface area contributed by atoms with E-state index in [1.54, 1.807) is 62.9 Å². The van der Waals surface area contributed by atoms with Crippen molar-refractivity contribution in [2.45, 2.75) is 24.2 Å². The number of fused-ring (bicyclic) bond motifs is 2. The fourth-order valence-corrected chi connectivity index (χ4v) is 5.83. The zero-order chi connectivity index (χ0) is 34.9. The molecule has 12 nitrogen and oxygen atoms in total. The van der Waals surface area contributed by atoms with Crippen LogP contribution in [0.5, 0.6) is 0 Å². The lowest BCUT2D eigenvalue weighted by Gasteiger charge is -2.11. The lowest BCUT2D eigenvalue weighted by atomic mass is 9.98. The molecule has 6 rings (SSSR count). The minimum atomic E-state index is -1.03. The summed E-state index contributed by atoms with van der Waals surface area (Å²) in [5.74, 6) is -1.55. The van der Waals surface area contributed by atoms with Crippen LogP contribution in [-0.4, -0.2) is 58.6 Å². The van der Waals surface area contributed by atoms with Crippen LogP contribution in [0.15, 0.2) is 80.8 Å². The Morgan fingerprint density at radius 1 is 0.688 bits per heavy atom. The molecule has 0 spiro atoms. The molecular formula is C34H31N7O5S2. The van der Waals surface area contributed by atoms with E-state index in [0.717, 1.165) is 21.9 Å². The van der Waals surface area contributed by atoms with E-state index in [1.807, 2.05) is 26.4 Å². The molecular weight excluding hydrogens is 651 g/mol. The van der Waals surface area contributed by atoms with Gasteiger partial charge in [-0.2, -0.15) is 0 Å².